The Labute approximate surface area is 120 Å². The van der Waals surface area contributed by atoms with E-state index in [0.717, 1.165) is 31.0 Å². The van der Waals surface area contributed by atoms with Crippen LogP contribution in [0.2, 0.25) is 0 Å². The second kappa shape index (κ2) is 7.48. The summed E-state index contributed by atoms with van der Waals surface area (Å²) < 4.78 is 0. The summed E-state index contributed by atoms with van der Waals surface area (Å²) in [6.45, 7) is 3.85. The summed E-state index contributed by atoms with van der Waals surface area (Å²) in [7, 11) is 1.79. The number of unbranched alkanes of at least 4 members (excludes halogenated alkanes) is 1. The topological polar surface area (TPSA) is 49.3 Å². The first-order valence-electron chi connectivity index (χ1n) is 7.12. The molecule has 2 rings (SSSR count). The summed E-state index contributed by atoms with van der Waals surface area (Å²) in [5, 5.41) is 7.81. The Morgan fingerprint density at radius 2 is 2.05 bits per heavy atom. The van der Waals surface area contributed by atoms with E-state index < -0.39 is 0 Å². The summed E-state index contributed by atoms with van der Waals surface area (Å²) >= 11 is 0. The van der Waals surface area contributed by atoms with Crippen LogP contribution in [-0.2, 0) is 6.54 Å². The molecule has 1 aromatic heterocycles. The van der Waals surface area contributed by atoms with E-state index in [9.17, 15) is 0 Å². The maximum atomic E-state index is 4.46. The van der Waals surface area contributed by atoms with Gasteiger partial charge in [0.15, 0.2) is 5.96 Å². The predicted octanol–water partition coefficient (Wildman–Crippen LogP) is 2.70. The van der Waals surface area contributed by atoms with Gasteiger partial charge in [-0.3, -0.25) is 9.98 Å². The third-order valence-corrected chi connectivity index (χ3v) is 3.21. The van der Waals surface area contributed by atoms with Gasteiger partial charge in [-0.2, -0.15) is 0 Å². The van der Waals surface area contributed by atoms with E-state index in [2.05, 4.69) is 51.8 Å². The van der Waals surface area contributed by atoms with E-state index in [1.807, 2.05) is 12.3 Å². The zero-order valence-corrected chi connectivity index (χ0v) is 12.2. The Morgan fingerprint density at radius 1 is 1.20 bits per heavy atom. The zero-order chi connectivity index (χ0) is 14.2. The monoisotopic (exact) mass is 270 g/mol. The van der Waals surface area contributed by atoms with Gasteiger partial charge in [-0.25, -0.2) is 0 Å². The number of benzene rings is 1. The molecule has 0 aliphatic heterocycles. The zero-order valence-electron chi connectivity index (χ0n) is 12.2. The van der Waals surface area contributed by atoms with E-state index in [0.29, 0.717) is 0 Å². The minimum absolute atomic E-state index is 0.722. The Morgan fingerprint density at radius 3 is 2.85 bits per heavy atom. The number of hydrogen-bond donors (Lipinski definition) is 2. The number of guanidine groups is 1. The normalized spacial score (nSPS) is 11.6. The van der Waals surface area contributed by atoms with Gasteiger partial charge in [-0.05, 0) is 18.1 Å². The Balaban J connectivity index is 2.01. The molecule has 2 N–H and O–H groups in total. The van der Waals surface area contributed by atoms with Crippen LogP contribution in [0.15, 0.2) is 41.5 Å². The summed E-state index contributed by atoms with van der Waals surface area (Å²) in [4.78, 5) is 8.69. The number of pyridine rings is 1. The van der Waals surface area contributed by atoms with Crippen molar-refractivity contribution < 1.29 is 0 Å². The third kappa shape index (κ3) is 3.70. The average molecular weight is 270 g/mol. The minimum atomic E-state index is 0.722. The van der Waals surface area contributed by atoms with Crippen LogP contribution in [0.3, 0.4) is 0 Å². The number of aliphatic imine (C=N–C) groups is 1. The molecular formula is C16H22N4. The van der Waals surface area contributed by atoms with Crippen molar-refractivity contribution in [2.75, 3.05) is 13.6 Å². The van der Waals surface area contributed by atoms with E-state index in [4.69, 9.17) is 0 Å². The standard InChI is InChI=1S/C16H22N4/c1-3-4-10-19-16(17-2)20-12-14-8-5-7-13-9-6-11-18-15(13)14/h5-9,11H,3-4,10,12H2,1-2H3,(H2,17,19,20). The molecule has 1 heterocycles. The Bertz CT molecular complexity index is 572. The van der Waals surface area contributed by atoms with Crippen LogP contribution < -0.4 is 10.6 Å². The lowest BCUT2D eigenvalue weighted by Gasteiger charge is -2.12. The van der Waals surface area contributed by atoms with E-state index >= 15 is 0 Å². The van der Waals surface area contributed by atoms with Gasteiger partial charge in [-0.15, -0.1) is 0 Å². The van der Waals surface area contributed by atoms with Crippen molar-refractivity contribution in [3.8, 4) is 0 Å². The molecule has 4 heteroatoms. The van der Waals surface area contributed by atoms with Gasteiger partial charge in [-0.1, -0.05) is 37.6 Å². The van der Waals surface area contributed by atoms with Crippen molar-refractivity contribution in [1.82, 2.24) is 15.6 Å². The highest BCUT2D eigenvalue weighted by molar-refractivity contribution is 5.83. The molecule has 2 aromatic rings. The Hall–Kier alpha value is -2.10. The van der Waals surface area contributed by atoms with Gasteiger partial charge in [0.1, 0.15) is 0 Å². The molecule has 0 unspecified atom stereocenters. The minimum Gasteiger partial charge on any atom is -0.356 e. The number of nitrogens with zero attached hydrogens (tertiary/aromatic N) is 2. The molecule has 1 aromatic carbocycles. The summed E-state index contributed by atoms with van der Waals surface area (Å²) in [5.74, 6) is 0.839. The second-order valence-corrected chi connectivity index (χ2v) is 4.70. The largest absolute Gasteiger partial charge is 0.356 e. The van der Waals surface area contributed by atoms with Crippen LogP contribution in [0, 0.1) is 0 Å². The third-order valence-electron chi connectivity index (χ3n) is 3.21. The SMILES string of the molecule is CCCCNC(=NC)NCc1cccc2cccnc12. The molecule has 0 saturated heterocycles. The van der Waals surface area contributed by atoms with Gasteiger partial charge in [0, 0.05) is 31.7 Å². The number of fused-ring (bicyclic) bond motifs is 1. The number of hydrogen-bond acceptors (Lipinski definition) is 2. The molecule has 0 spiro atoms. The lowest BCUT2D eigenvalue weighted by Crippen LogP contribution is -2.37. The quantitative estimate of drug-likeness (QED) is 0.499. The van der Waals surface area contributed by atoms with Crippen LogP contribution in [0.4, 0.5) is 0 Å². The van der Waals surface area contributed by atoms with Crippen molar-refractivity contribution in [2.45, 2.75) is 26.3 Å². The first kappa shape index (κ1) is 14.3. The fourth-order valence-corrected chi connectivity index (χ4v) is 2.09. The maximum Gasteiger partial charge on any atom is 0.191 e. The fraction of sp³-hybridized carbons (Fsp3) is 0.375. The summed E-state index contributed by atoms with van der Waals surface area (Å²) in [5.41, 5.74) is 2.23. The molecule has 4 nitrogen and oxygen atoms in total. The highest BCUT2D eigenvalue weighted by Gasteiger charge is 2.02. The van der Waals surface area contributed by atoms with Gasteiger partial charge in [0.25, 0.3) is 0 Å². The summed E-state index contributed by atoms with van der Waals surface area (Å²) in [6, 6.07) is 10.3. The highest BCUT2D eigenvalue weighted by atomic mass is 15.2. The van der Waals surface area contributed by atoms with Gasteiger partial charge in [0.05, 0.1) is 5.52 Å². The van der Waals surface area contributed by atoms with Crippen LogP contribution >= 0.6 is 0 Å². The molecule has 0 saturated carbocycles. The molecular weight excluding hydrogens is 248 g/mol. The smallest absolute Gasteiger partial charge is 0.191 e. The number of nitrogens with one attached hydrogen (secondary N) is 2. The molecule has 0 fully saturated rings. The van der Waals surface area contributed by atoms with E-state index in [1.165, 1.54) is 17.4 Å². The molecule has 0 radical (unpaired) electrons. The lowest BCUT2D eigenvalue weighted by atomic mass is 10.1. The highest BCUT2D eigenvalue weighted by Crippen LogP contribution is 2.15. The van der Waals surface area contributed by atoms with Crippen molar-refractivity contribution >= 4 is 16.9 Å². The molecule has 20 heavy (non-hydrogen) atoms. The fourth-order valence-electron chi connectivity index (χ4n) is 2.09. The number of para-hydroxylation sites is 1. The number of aromatic nitrogens is 1. The van der Waals surface area contributed by atoms with Crippen LogP contribution in [0.25, 0.3) is 10.9 Å². The van der Waals surface area contributed by atoms with Crippen molar-refractivity contribution in [1.29, 1.82) is 0 Å². The predicted molar refractivity (Wildman–Crippen MR) is 84.9 cm³/mol. The molecule has 106 valence electrons. The molecule has 0 bridgehead atoms. The van der Waals surface area contributed by atoms with Crippen LogP contribution in [0.1, 0.15) is 25.3 Å². The molecule has 0 aliphatic carbocycles. The van der Waals surface area contributed by atoms with Crippen molar-refractivity contribution in [3.05, 3.63) is 42.1 Å². The maximum absolute atomic E-state index is 4.46. The van der Waals surface area contributed by atoms with Crippen molar-refractivity contribution in [3.63, 3.8) is 0 Å². The van der Waals surface area contributed by atoms with Gasteiger partial charge < -0.3 is 10.6 Å². The van der Waals surface area contributed by atoms with Crippen molar-refractivity contribution in [2.24, 2.45) is 4.99 Å². The van der Waals surface area contributed by atoms with Gasteiger partial charge in [0.2, 0.25) is 0 Å². The van der Waals surface area contributed by atoms with E-state index in [1.54, 1.807) is 7.05 Å². The van der Waals surface area contributed by atoms with Crippen LogP contribution in [-0.4, -0.2) is 24.5 Å². The Kier molecular flexibility index (Phi) is 5.35. The van der Waals surface area contributed by atoms with Crippen LogP contribution in [0.5, 0.6) is 0 Å². The summed E-state index contributed by atoms with van der Waals surface area (Å²) in [6.07, 6.45) is 4.16. The molecule has 0 amide bonds. The van der Waals surface area contributed by atoms with Gasteiger partial charge >= 0.3 is 0 Å². The molecule has 0 aliphatic rings. The molecule has 0 atom stereocenters. The lowest BCUT2D eigenvalue weighted by molar-refractivity contribution is 0.729. The second-order valence-electron chi connectivity index (χ2n) is 4.70. The number of rotatable bonds is 5. The average Bonchev–Trinajstić information content (AvgIpc) is 2.50. The first-order chi connectivity index (χ1) is 9.85. The van der Waals surface area contributed by atoms with E-state index in [-0.39, 0.29) is 0 Å². The first-order valence-corrected chi connectivity index (χ1v) is 7.12.